The van der Waals surface area contributed by atoms with Crippen LogP contribution in [0.3, 0.4) is 0 Å². The summed E-state index contributed by atoms with van der Waals surface area (Å²) in [6.45, 7) is 1.81. The second-order valence-corrected chi connectivity index (χ2v) is 5.99. The van der Waals surface area contributed by atoms with Gasteiger partial charge in [-0.3, -0.25) is 0 Å². The van der Waals surface area contributed by atoms with Crippen molar-refractivity contribution in [3.05, 3.63) is 34.9 Å². The summed E-state index contributed by atoms with van der Waals surface area (Å²) in [7, 11) is 0. The van der Waals surface area contributed by atoms with E-state index in [1.807, 2.05) is 31.2 Å². The van der Waals surface area contributed by atoms with E-state index in [1.165, 1.54) is 5.56 Å². The van der Waals surface area contributed by atoms with Crippen LogP contribution in [0.15, 0.2) is 24.3 Å². The minimum atomic E-state index is -1.08. The third kappa shape index (κ3) is 3.71. The Morgan fingerprint density at radius 2 is 1.70 bits per heavy atom. The molecule has 20 heavy (non-hydrogen) atoms. The van der Waals surface area contributed by atoms with Crippen LogP contribution in [0.2, 0.25) is 5.02 Å². The van der Waals surface area contributed by atoms with Crippen LogP contribution >= 0.6 is 11.6 Å². The van der Waals surface area contributed by atoms with Crippen molar-refractivity contribution in [2.24, 2.45) is 0 Å². The van der Waals surface area contributed by atoms with Crippen molar-refractivity contribution >= 4 is 11.6 Å². The Balaban J connectivity index is 1.83. The van der Waals surface area contributed by atoms with Crippen LogP contribution in [0.5, 0.6) is 0 Å². The van der Waals surface area contributed by atoms with Crippen LogP contribution in [-0.2, 0) is 6.42 Å². The summed E-state index contributed by atoms with van der Waals surface area (Å²) < 4.78 is 0. The molecule has 1 heterocycles. The first kappa shape index (κ1) is 15.7. The first-order valence-electron chi connectivity index (χ1n) is 7.03. The fourth-order valence-corrected chi connectivity index (χ4v) is 2.83. The minimum absolute atomic E-state index is 0.185. The maximum absolute atomic E-state index is 9.97. The molecule has 5 atom stereocenters. The summed E-state index contributed by atoms with van der Waals surface area (Å²) in [6.07, 6.45) is -0.380. The first-order chi connectivity index (χ1) is 9.49. The van der Waals surface area contributed by atoms with E-state index in [-0.39, 0.29) is 12.1 Å². The molecule has 1 aliphatic heterocycles. The summed E-state index contributed by atoms with van der Waals surface area (Å²) in [6, 6.07) is 7.33. The van der Waals surface area contributed by atoms with Gasteiger partial charge in [0.2, 0.25) is 0 Å². The van der Waals surface area contributed by atoms with Crippen molar-refractivity contribution in [3.63, 3.8) is 0 Å². The molecule has 5 heteroatoms. The van der Waals surface area contributed by atoms with Crippen molar-refractivity contribution in [1.82, 2.24) is 5.32 Å². The van der Waals surface area contributed by atoms with E-state index < -0.39 is 18.3 Å². The maximum atomic E-state index is 9.97. The molecule has 0 aliphatic carbocycles. The minimum Gasteiger partial charge on any atom is -0.389 e. The van der Waals surface area contributed by atoms with Crippen molar-refractivity contribution in [2.45, 2.75) is 56.6 Å². The van der Waals surface area contributed by atoms with Gasteiger partial charge in [0.1, 0.15) is 6.10 Å². The average molecular weight is 300 g/mol. The highest BCUT2D eigenvalue weighted by molar-refractivity contribution is 6.30. The molecule has 1 aliphatic rings. The van der Waals surface area contributed by atoms with Gasteiger partial charge in [0.25, 0.3) is 0 Å². The van der Waals surface area contributed by atoms with E-state index in [4.69, 9.17) is 11.6 Å². The SMILES string of the molecule is C[C@@H]1N[C@H](CCCc2ccc(Cl)cc2)[C@@H](O)[C@H](O)[C@@H]1O. The number of hydrogen-bond donors (Lipinski definition) is 4. The first-order valence-corrected chi connectivity index (χ1v) is 7.41. The molecule has 0 saturated carbocycles. The topological polar surface area (TPSA) is 72.7 Å². The molecule has 1 aromatic rings. The van der Waals surface area contributed by atoms with Gasteiger partial charge in [-0.1, -0.05) is 23.7 Å². The molecule has 1 aromatic carbocycles. The molecule has 0 amide bonds. The third-order valence-electron chi connectivity index (χ3n) is 4.00. The van der Waals surface area contributed by atoms with Gasteiger partial charge >= 0.3 is 0 Å². The number of hydrogen-bond acceptors (Lipinski definition) is 4. The van der Waals surface area contributed by atoms with Gasteiger partial charge in [-0.15, -0.1) is 0 Å². The summed E-state index contributed by atoms with van der Waals surface area (Å²) in [5.74, 6) is 0. The number of benzene rings is 1. The fourth-order valence-electron chi connectivity index (χ4n) is 2.70. The quantitative estimate of drug-likeness (QED) is 0.672. The van der Waals surface area contributed by atoms with E-state index in [0.29, 0.717) is 0 Å². The Kier molecular flexibility index (Phi) is 5.41. The monoisotopic (exact) mass is 299 g/mol. The Hall–Kier alpha value is -0.650. The molecule has 4 N–H and O–H groups in total. The molecular formula is C15H22ClNO3. The Bertz CT molecular complexity index is 426. The average Bonchev–Trinajstić information content (AvgIpc) is 2.44. The molecule has 112 valence electrons. The lowest BCUT2D eigenvalue weighted by atomic mass is 9.88. The highest BCUT2D eigenvalue weighted by atomic mass is 35.5. The Morgan fingerprint density at radius 3 is 2.35 bits per heavy atom. The zero-order valence-corrected chi connectivity index (χ0v) is 12.3. The highest BCUT2D eigenvalue weighted by Gasteiger charge is 2.39. The lowest BCUT2D eigenvalue weighted by molar-refractivity contribution is -0.111. The number of aryl methyl sites for hydroxylation is 1. The van der Waals surface area contributed by atoms with Crippen LogP contribution in [0.1, 0.15) is 25.3 Å². The maximum Gasteiger partial charge on any atom is 0.109 e. The van der Waals surface area contributed by atoms with E-state index in [0.717, 1.165) is 24.3 Å². The lowest BCUT2D eigenvalue weighted by Crippen LogP contribution is -2.63. The molecule has 0 unspecified atom stereocenters. The second kappa shape index (κ2) is 6.87. The van der Waals surface area contributed by atoms with Gasteiger partial charge in [-0.2, -0.15) is 0 Å². The standard InChI is InChI=1S/C15H22ClNO3/c1-9-13(18)15(20)14(19)12(17-9)4-2-3-10-5-7-11(16)8-6-10/h5-9,12-15,17-20H,2-4H2,1H3/t9-,12+,13+,14+,15+/m0/s1. The van der Waals surface area contributed by atoms with Gasteiger partial charge in [0.05, 0.1) is 12.2 Å². The lowest BCUT2D eigenvalue weighted by Gasteiger charge is -2.40. The zero-order valence-electron chi connectivity index (χ0n) is 11.5. The van der Waals surface area contributed by atoms with Gasteiger partial charge < -0.3 is 20.6 Å². The smallest absolute Gasteiger partial charge is 0.109 e. The van der Waals surface area contributed by atoms with Crippen LogP contribution in [0.25, 0.3) is 0 Å². The summed E-state index contributed by atoms with van der Waals surface area (Å²) in [5, 5.41) is 33.3. The summed E-state index contributed by atoms with van der Waals surface area (Å²) >= 11 is 5.84. The van der Waals surface area contributed by atoms with E-state index in [9.17, 15) is 15.3 Å². The Labute approximate surface area is 124 Å². The zero-order chi connectivity index (χ0) is 14.7. The van der Waals surface area contributed by atoms with Crippen LogP contribution in [0.4, 0.5) is 0 Å². The van der Waals surface area contributed by atoms with E-state index >= 15 is 0 Å². The number of aliphatic hydroxyl groups excluding tert-OH is 3. The molecule has 1 saturated heterocycles. The molecular weight excluding hydrogens is 278 g/mol. The normalized spacial score (nSPS) is 34.1. The molecule has 4 nitrogen and oxygen atoms in total. The number of rotatable bonds is 4. The van der Waals surface area contributed by atoms with Crippen molar-refractivity contribution in [1.29, 1.82) is 0 Å². The highest BCUT2D eigenvalue weighted by Crippen LogP contribution is 2.20. The fraction of sp³-hybridized carbons (Fsp3) is 0.600. The van der Waals surface area contributed by atoms with Crippen molar-refractivity contribution in [2.75, 3.05) is 0 Å². The predicted molar refractivity (Wildman–Crippen MR) is 78.8 cm³/mol. The molecule has 1 fully saturated rings. The van der Waals surface area contributed by atoms with Crippen LogP contribution in [0, 0.1) is 0 Å². The molecule has 0 radical (unpaired) electrons. The number of nitrogens with one attached hydrogen (secondary N) is 1. The molecule has 0 bridgehead atoms. The number of aliphatic hydroxyl groups is 3. The predicted octanol–water partition coefficient (Wildman–Crippen LogP) is 1.11. The number of halogens is 1. The molecule has 2 rings (SSSR count). The number of piperidine rings is 1. The second-order valence-electron chi connectivity index (χ2n) is 5.55. The summed E-state index contributed by atoms with van der Waals surface area (Å²) in [5.41, 5.74) is 1.20. The third-order valence-corrected chi connectivity index (χ3v) is 4.25. The molecule has 0 aromatic heterocycles. The summed E-state index contributed by atoms with van der Waals surface area (Å²) in [4.78, 5) is 0. The van der Waals surface area contributed by atoms with Gasteiger partial charge in [0.15, 0.2) is 0 Å². The van der Waals surface area contributed by atoms with Gasteiger partial charge in [-0.25, -0.2) is 0 Å². The van der Waals surface area contributed by atoms with Crippen molar-refractivity contribution in [3.8, 4) is 0 Å². The largest absolute Gasteiger partial charge is 0.389 e. The van der Waals surface area contributed by atoms with Gasteiger partial charge in [0, 0.05) is 17.1 Å². The van der Waals surface area contributed by atoms with Crippen LogP contribution < -0.4 is 5.32 Å². The van der Waals surface area contributed by atoms with Crippen LogP contribution in [-0.4, -0.2) is 45.7 Å². The molecule has 0 spiro atoms. The van der Waals surface area contributed by atoms with Crippen molar-refractivity contribution < 1.29 is 15.3 Å². The van der Waals surface area contributed by atoms with E-state index in [2.05, 4.69) is 5.32 Å². The van der Waals surface area contributed by atoms with Gasteiger partial charge in [-0.05, 0) is 43.9 Å². The Morgan fingerprint density at radius 1 is 1.05 bits per heavy atom. The van der Waals surface area contributed by atoms with E-state index in [1.54, 1.807) is 0 Å².